The molecule has 0 aromatic carbocycles. The highest BCUT2D eigenvalue weighted by Gasteiger charge is 2.27. The van der Waals surface area contributed by atoms with Crippen molar-refractivity contribution in [2.24, 2.45) is 0 Å². The standard InChI is InChI=1S/C64H117N2O6P/c1-6-8-10-12-14-16-18-20-22-24-26-28-29-30-31-32-33-34-35-36-38-39-41-43-45-47-49-51-53-55-57-63(67)62(61-72-73(69,70)71-60-59-66(3,4)5)65-64(68)58-56-54-52-50-48-46-44-42-40-37-27-25-23-21-19-17-15-13-11-9-7-2/h9,11,15,17,21,23,27,37,42,44,47,49,55,57,62-63,67H,6-8,10,12-14,16,18-20,22,24-26,28-36,38-41,43,45-46,48,50-54,56,58-61H2,1-5H3,(H-,65,68,69,70)/p+1/b11-9-,17-15-,23-21-,37-27-,44-42-,49-47+,57-55+. The lowest BCUT2D eigenvalue weighted by Crippen LogP contribution is -2.45. The molecule has 0 aliphatic carbocycles. The Morgan fingerprint density at radius 1 is 0.479 bits per heavy atom. The number of likely N-dealkylation sites (N-methyl/N-ethyl adjacent to an activating group) is 1. The van der Waals surface area contributed by atoms with Gasteiger partial charge in [-0.25, -0.2) is 4.57 Å². The minimum Gasteiger partial charge on any atom is -0.387 e. The summed E-state index contributed by atoms with van der Waals surface area (Å²) in [6.07, 6.45) is 77.1. The highest BCUT2D eigenvalue weighted by Crippen LogP contribution is 2.43. The minimum absolute atomic E-state index is 0.0479. The van der Waals surface area contributed by atoms with Gasteiger partial charge in [0.2, 0.25) is 5.91 Å². The third kappa shape index (κ3) is 57.2. The molecule has 0 bridgehead atoms. The molecule has 0 aliphatic rings. The van der Waals surface area contributed by atoms with E-state index in [4.69, 9.17) is 9.05 Å². The van der Waals surface area contributed by atoms with Gasteiger partial charge < -0.3 is 19.8 Å². The Balaban J connectivity index is 4.23. The molecule has 1 amide bonds. The van der Waals surface area contributed by atoms with Crippen molar-refractivity contribution in [3.63, 3.8) is 0 Å². The monoisotopic (exact) mass is 1040 g/mol. The lowest BCUT2D eigenvalue weighted by molar-refractivity contribution is -0.870. The van der Waals surface area contributed by atoms with Crippen molar-refractivity contribution in [2.45, 2.75) is 276 Å². The number of nitrogens with one attached hydrogen (secondary N) is 1. The zero-order valence-corrected chi connectivity index (χ0v) is 49.3. The predicted octanol–water partition coefficient (Wildman–Crippen LogP) is 18.8. The molecule has 3 N–H and O–H groups in total. The minimum atomic E-state index is -4.37. The zero-order valence-electron chi connectivity index (χ0n) is 48.4. The number of carbonyl (C=O) groups is 1. The van der Waals surface area contributed by atoms with Crippen molar-refractivity contribution >= 4 is 13.7 Å². The second kappa shape index (κ2) is 54.5. The number of phosphoric ester groups is 1. The van der Waals surface area contributed by atoms with Crippen molar-refractivity contribution in [3.05, 3.63) is 85.1 Å². The number of hydrogen-bond donors (Lipinski definition) is 3. The first-order valence-electron chi connectivity index (χ1n) is 30.5. The summed E-state index contributed by atoms with van der Waals surface area (Å²) in [7, 11) is 1.53. The summed E-state index contributed by atoms with van der Waals surface area (Å²) in [5.74, 6) is -0.206. The molecule has 424 valence electrons. The number of rotatable bonds is 55. The Bertz CT molecular complexity index is 1460. The number of allylic oxidation sites excluding steroid dienone is 13. The maximum absolute atomic E-state index is 13.0. The molecule has 0 radical (unpaired) electrons. The average Bonchev–Trinajstić information content (AvgIpc) is 3.35. The third-order valence-corrected chi connectivity index (χ3v) is 14.3. The van der Waals surface area contributed by atoms with E-state index >= 15 is 0 Å². The molecule has 0 aromatic heterocycles. The lowest BCUT2D eigenvalue weighted by atomic mass is 10.0. The average molecular weight is 1040 g/mol. The Labute approximate surface area is 452 Å². The van der Waals surface area contributed by atoms with E-state index in [-0.39, 0.29) is 19.1 Å². The van der Waals surface area contributed by atoms with Crippen molar-refractivity contribution in [3.8, 4) is 0 Å². The number of aliphatic hydroxyl groups is 1. The molecule has 0 saturated heterocycles. The van der Waals surface area contributed by atoms with Crippen LogP contribution in [0.2, 0.25) is 0 Å². The number of aliphatic hydroxyl groups excluding tert-OH is 1. The van der Waals surface area contributed by atoms with Gasteiger partial charge in [-0.05, 0) is 77.0 Å². The normalized spacial score (nSPS) is 14.5. The summed E-state index contributed by atoms with van der Waals surface area (Å²) < 4.78 is 23.7. The van der Waals surface area contributed by atoms with Crippen LogP contribution < -0.4 is 5.32 Å². The van der Waals surface area contributed by atoms with Crippen LogP contribution in [0.1, 0.15) is 264 Å². The topological polar surface area (TPSA) is 105 Å². The number of nitrogens with zero attached hydrogens (tertiary/aromatic N) is 1. The molecule has 0 spiro atoms. The quantitative estimate of drug-likeness (QED) is 0.0243. The van der Waals surface area contributed by atoms with E-state index in [0.717, 1.165) is 89.9 Å². The molecular weight excluding hydrogens is 924 g/mol. The highest BCUT2D eigenvalue weighted by atomic mass is 31.2. The Morgan fingerprint density at radius 3 is 1.26 bits per heavy atom. The van der Waals surface area contributed by atoms with Crippen LogP contribution in [0.15, 0.2) is 85.1 Å². The molecule has 9 heteroatoms. The highest BCUT2D eigenvalue weighted by molar-refractivity contribution is 7.47. The Kier molecular flexibility index (Phi) is 52.7. The molecule has 73 heavy (non-hydrogen) atoms. The summed E-state index contributed by atoms with van der Waals surface area (Å²) in [4.78, 5) is 23.3. The van der Waals surface area contributed by atoms with Crippen LogP contribution >= 0.6 is 7.82 Å². The van der Waals surface area contributed by atoms with Crippen LogP contribution in [-0.4, -0.2) is 73.4 Å². The van der Waals surface area contributed by atoms with Gasteiger partial charge >= 0.3 is 7.82 Å². The van der Waals surface area contributed by atoms with E-state index < -0.39 is 20.0 Å². The van der Waals surface area contributed by atoms with Gasteiger partial charge in [0.25, 0.3) is 0 Å². The SMILES string of the molecule is CC/C=C\C/C=C\C/C=C\C/C=C\C/C=C\CCCCCCCC(=O)NC(COP(=O)(O)OCC[N+](C)(C)C)C(O)/C=C/CC/C=C/CCCCCCCCCCCCCCCCCCCCCCCCCC. The number of carbonyl (C=O) groups excluding carboxylic acids is 1. The van der Waals surface area contributed by atoms with E-state index in [1.54, 1.807) is 6.08 Å². The first-order chi connectivity index (χ1) is 35.5. The largest absolute Gasteiger partial charge is 0.472 e. The number of phosphoric acid groups is 1. The van der Waals surface area contributed by atoms with Crippen LogP contribution in [0.25, 0.3) is 0 Å². The Morgan fingerprint density at radius 2 is 0.836 bits per heavy atom. The third-order valence-electron chi connectivity index (χ3n) is 13.3. The van der Waals surface area contributed by atoms with Crippen LogP contribution in [-0.2, 0) is 18.4 Å². The van der Waals surface area contributed by atoms with Gasteiger partial charge in [-0.3, -0.25) is 13.8 Å². The van der Waals surface area contributed by atoms with Gasteiger partial charge in [0.05, 0.1) is 39.9 Å². The summed E-state index contributed by atoms with van der Waals surface area (Å²) >= 11 is 0. The van der Waals surface area contributed by atoms with Crippen molar-refractivity contribution in [1.29, 1.82) is 0 Å². The van der Waals surface area contributed by atoms with E-state index in [0.29, 0.717) is 17.4 Å². The predicted molar refractivity (Wildman–Crippen MR) is 318 cm³/mol. The lowest BCUT2D eigenvalue weighted by Gasteiger charge is -2.25. The molecule has 0 fully saturated rings. The van der Waals surface area contributed by atoms with Gasteiger partial charge in [0, 0.05) is 6.42 Å². The van der Waals surface area contributed by atoms with Gasteiger partial charge in [-0.2, -0.15) is 0 Å². The van der Waals surface area contributed by atoms with Gasteiger partial charge in [0.15, 0.2) is 0 Å². The number of unbranched alkanes of at least 4 members (excludes halogenated alkanes) is 30. The maximum atomic E-state index is 13.0. The fourth-order valence-corrected chi connectivity index (χ4v) is 9.35. The summed E-state index contributed by atoms with van der Waals surface area (Å²) in [6, 6.07) is -0.881. The van der Waals surface area contributed by atoms with Gasteiger partial charge in [-0.15, -0.1) is 0 Å². The summed E-state index contributed by atoms with van der Waals surface area (Å²) in [5, 5.41) is 13.9. The first kappa shape index (κ1) is 70.7. The van der Waals surface area contributed by atoms with Gasteiger partial charge in [0.1, 0.15) is 13.2 Å². The van der Waals surface area contributed by atoms with Crippen LogP contribution in [0.3, 0.4) is 0 Å². The number of quaternary nitrogens is 1. The summed E-state index contributed by atoms with van der Waals surface area (Å²) in [6.45, 7) is 4.68. The van der Waals surface area contributed by atoms with Gasteiger partial charge in [-0.1, -0.05) is 266 Å². The van der Waals surface area contributed by atoms with E-state index in [2.05, 4.69) is 92.1 Å². The molecule has 0 heterocycles. The van der Waals surface area contributed by atoms with E-state index in [1.807, 2.05) is 27.2 Å². The molecule has 0 aliphatic heterocycles. The van der Waals surface area contributed by atoms with Crippen molar-refractivity contribution in [1.82, 2.24) is 5.32 Å². The maximum Gasteiger partial charge on any atom is 0.472 e. The van der Waals surface area contributed by atoms with Crippen LogP contribution in [0, 0.1) is 0 Å². The number of hydrogen-bond acceptors (Lipinski definition) is 5. The fraction of sp³-hybridized carbons (Fsp3) is 0.766. The second-order valence-electron chi connectivity index (χ2n) is 21.7. The fourth-order valence-electron chi connectivity index (χ4n) is 8.62. The van der Waals surface area contributed by atoms with Crippen molar-refractivity contribution < 1.29 is 32.9 Å². The van der Waals surface area contributed by atoms with E-state index in [1.165, 1.54) is 154 Å². The molecule has 3 atom stereocenters. The number of amides is 1. The van der Waals surface area contributed by atoms with Crippen LogP contribution in [0.5, 0.6) is 0 Å². The second-order valence-corrected chi connectivity index (χ2v) is 23.1. The molecule has 3 unspecified atom stereocenters. The molecule has 0 rings (SSSR count). The summed E-state index contributed by atoms with van der Waals surface area (Å²) in [5.41, 5.74) is 0. The van der Waals surface area contributed by atoms with Crippen molar-refractivity contribution in [2.75, 3.05) is 40.9 Å². The smallest absolute Gasteiger partial charge is 0.387 e. The molecule has 0 saturated carbocycles. The van der Waals surface area contributed by atoms with Crippen LogP contribution in [0.4, 0.5) is 0 Å². The first-order valence-corrected chi connectivity index (χ1v) is 32.0. The van der Waals surface area contributed by atoms with E-state index in [9.17, 15) is 19.4 Å². The zero-order chi connectivity index (χ0) is 53.5. The Hall–Kier alpha value is -2.32. The molecular formula is C64H118N2O6P+. The molecule has 8 nitrogen and oxygen atoms in total. The molecule has 0 aromatic rings.